The van der Waals surface area contributed by atoms with Crippen molar-refractivity contribution in [3.63, 3.8) is 0 Å². The zero-order valence-corrected chi connectivity index (χ0v) is 20.0. The number of aryl methyl sites for hydroxylation is 1. The van der Waals surface area contributed by atoms with Crippen molar-refractivity contribution in [2.45, 2.75) is 26.8 Å². The highest BCUT2D eigenvalue weighted by molar-refractivity contribution is 5.92. The van der Waals surface area contributed by atoms with Crippen LogP contribution in [-0.4, -0.2) is 41.2 Å². The molecule has 1 amide bonds. The maximum atomic E-state index is 12.7. The quantitative estimate of drug-likeness (QED) is 0.432. The van der Waals surface area contributed by atoms with Crippen LogP contribution in [0.25, 0.3) is 0 Å². The first-order chi connectivity index (χ1) is 16.4. The van der Waals surface area contributed by atoms with Gasteiger partial charge in [-0.05, 0) is 36.6 Å². The highest BCUT2D eigenvalue weighted by Gasteiger charge is 2.22. The molecule has 8 nitrogen and oxygen atoms in total. The Hall–Kier alpha value is -3.81. The number of imidazole rings is 1. The summed E-state index contributed by atoms with van der Waals surface area (Å²) in [6.07, 6.45) is 3.48. The molecular weight excluding hydrogens is 434 g/mol. The Morgan fingerprint density at radius 2 is 1.82 bits per heavy atom. The van der Waals surface area contributed by atoms with Gasteiger partial charge in [0.25, 0.3) is 5.91 Å². The number of nitrogens with zero attached hydrogens (tertiary/aromatic N) is 2. The lowest BCUT2D eigenvalue weighted by Crippen LogP contribution is -2.34. The van der Waals surface area contributed by atoms with Gasteiger partial charge in [-0.1, -0.05) is 44.2 Å². The van der Waals surface area contributed by atoms with E-state index in [1.54, 1.807) is 24.4 Å². The zero-order valence-electron chi connectivity index (χ0n) is 20.0. The van der Waals surface area contributed by atoms with E-state index in [9.17, 15) is 9.59 Å². The van der Waals surface area contributed by atoms with E-state index in [1.165, 1.54) is 0 Å². The SMILES string of the molecule is CCOc1cc(C(=O)OCC(=O)NC(c2ccccc2)c2nccn2C)ccc1OCC(C)C. The fourth-order valence-electron chi connectivity index (χ4n) is 3.29. The van der Waals surface area contributed by atoms with Crippen LogP contribution >= 0.6 is 0 Å². The minimum absolute atomic E-state index is 0.275. The maximum absolute atomic E-state index is 12.7. The van der Waals surface area contributed by atoms with Crippen molar-refractivity contribution in [1.29, 1.82) is 0 Å². The van der Waals surface area contributed by atoms with Crippen LogP contribution in [0.4, 0.5) is 0 Å². The summed E-state index contributed by atoms with van der Waals surface area (Å²) in [5.41, 5.74) is 1.15. The normalized spacial score (nSPS) is 11.7. The molecule has 0 spiro atoms. The smallest absolute Gasteiger partial charge is 0.338 e. The molecule has 0 saturated carbocycles. The van der Waals surface area contributed by atoms with Crippen molar-refractivity contribution in [1.82, 2.24) is 14.9 Å². The molecule has 3 rings (SSSR count). The molecule has 0 aliphatic rings. The summed E-state index contributed by atoms with van der Waals surface area (Å²) in [4.78, 5) is 29.6. The highest BCUT2D eigenvalue weighted by atomic mass is 16.5. The minimum atomic E-state index is -0.625. The molecule has 180 valence electrons. The van der Waals surface area contributed by atoms with Crippen LogP contribution in [0.3, 0.4) is 0 Å². The van der Waals surface area contributed by atoms with Crippen molar-refractivity contribution in [3.8, 4) is 11.5 Å². The lowest BCUT2D eigenvalue weighted by Gasteiger charge is -2.19. The Morgan fingerprint density at radius 1 is 1.06 bits per heavy atom. The van der Waals surface area contributed by atoms with Crippen LogP contribution < -0.4 is 14.8 Å². The molecule has 1 atom stereocenters. The van der Waals surface area contributed by atoms with Crippen molar-refractivity contribution in [2.24, 2.45) is 13.0 Å². The Labute approximate surface area is 199 Å². The largest absolute Gasteiger partial charge is 0.490 e. The first kappa shape index (κ1) is 24.8. The lowest BCUT2D eigenvalue weighted by atomic mass is 10.1. The Bertz CT molecular complexity index is 1090. The summed E-state index contributed by atoms with van der Waals surface area (Å²) in [6, 6.07) is 13.9. The van der Waals surface area contributed by atoms with E-state index >= 15 is 0 Å². The summed E-state index contributed by atoms with van der Waals surface area (Å²) < 4.78 is 18.5. The molecule has 0 bridgehead atoms. The number of carbonyl (C=O) groups is 2. The van der Waals surface area contributed by atoms with Gasteiger partial charge in [0.2, 0.25) is 0 Å². The standard InChI is InChI=1S/C26H31N3O5/c1-5-32-22-15-20(11-12-21(22)33-16-18(2)3)26(31)34-17-23(30)28-24(19-9-7-6-8-10-19)25-27-13-14-29(25)4/h6-15,18,24H,5,16-17H2,1-4H3,(H,28,30). The van der Waals surface area contributed by atoms with Crippen LogP contribution in [0.1, 0.15) is 48.6 Å². The molecule has 2 aromatic carbocycles. The van der Waals surface area contributed by atoms with Gasteiger partial charge >= 0.3 is 5.97 Å². The van der Waals surface area contributed by atoms with Gasteiger partial charge in [0.15, 0.2) is 18.1 Å². The molecule has 0 aliphatic heterocycles. The number of rotatable bonds is 11. The second kappa shape index (κ2) is 11.9. The van der Waals surface area contributed by atoms with Crippen molar-refractivity contribution in [2.75, 3.05) is 19.8 Å². The highest BCUT2D eigenvalue weighted by Crippen LogP contribution is 2.29. The molecule has 34 heavy (non-hydrogen) atoms. The van der Waals surface area contributed by atoms with Crippen LogP contribution in [-0.2, 0) is 16.6 Å². The fraction of sp³-hybridized carbons (Fsp3) is 0.346. The number of nitrogens with one attached hydrogen (secondary N) is 1. The van der Waals surface area contributed by atoms with Gasteiger partial charge in [-0.3, -0.25) is 4.79 Å². The fourth-order valence-corrected chi connectivity index (χ4v) is 3.29. The first-order valence-electron chi connectivity index (χ1n) is 11.3. The molecule has 8 heteroatoms. The van der Waals surface area contributed by atoms with Gasteiger partial charge in [-0.15, -0.1) is 0 Å². The van der Waals surface area contributed by atoms with E-state index in [2.05, 4.69) is 10.3 Å². The Balaban J connectivity index is 1.66. The van der Waals surface area contributed by atoms with Gasteiger partial charge in [-0.25, -0.2) is 9.78 Å². The molecule has 1 heterocycles. The molecular formula is C26H31N3O5. The second-order valence-electron chi connectivity index (χ2n) is 8.18. The van der Waals surface area contributed by atoms with Crippen molar-refractivity contribution in [3.05, 3.63) is 77.9 Å². The summed E-state index contributed by atoms with van der Waals surface area (Å²) in [5, 5.41) is 2.91. The number of amides is 1. The molecule has 0 radical (unpaired) electrons. The third kappa shape index (κ3) is 6.60. The molecule has 1 N–H and O–H groups in total. The average Bonchev–Trinajstić information content (AvgIpc) is 3.26. The van der Waals surface area contributed by atoms with E-state index in [-0.39, 0.29) is 5.56 Å². The summed E-state index contributed by atoms with van der Waals surface area (Å²) in [7, 11) is 1.86. The number of ether oxygens (including phenoxy) is 3. The predicted molar refractivity (Wildman–Crippen MR) is 128 cm³/mol. The van der Waals surface area contributed by atoms with Gasteiger partial charge in [-0.2, -0.15) is 0 Å². The van der Waals surface area contributed by atoms with Crippen molar-refractivity contribution >= 4 is 11.9 Å². The molecule has 0 fully saturated rings. The topological polar surface area (TPSA) is 91.7 Å². The van der Waals surface area contributed by atoms with E-state index in [0.717, 1.165) is 5.56 Å². The monoisotopic (exact) mass is 465 g/mol. The van der Waals surface area contributed by atoms with Crippen molar-refractivity contribution < 1.29 is 23.8 Å². The Morgan fingerprint density at radius 3 is 2.47 bits per heavy atom. The molecule has 1 aromatic heterocycles. The summed E-state index contributed by atoms with van der Waals surface area (Å²) in [5.74, 6) is 0.978. The van der Waals surface area contributed by atoms with Crippen LogP contribution in [0.5, 0.6) is 11.5 Å². The van der Waals surface area contributed by atoms with Gasteiger partial charge in [0, 0.05) is 19.4 Å². The van der Waals surface area contributed by atoms with E-state index in [1.807, 2.05) is 68.9 Å². The average molecular weight is 466 g/mol. The van der Waals surface area contributed by atoms with Crippen LogP contribution in [0.2, 0.25) is 0 Å². The predicted octanol–water partition coefficient (Wildman–Crippen LogP) is 3.92. The number of carbonyl (C=O) groups excluding carboxylic acids is 2. The minimum Gasteiger partial charge on any atom is -0.490 e. The molecule has 1 unspecified atom stereocenters. The zero-order chi connectivity index (χ0) is 24.5. The molecule has 3 aromatic rings. The number of hydrogen-bond donors (Lipinski definition) is 1. The third-order valence-corrected chi connectivity index (χ3v) is 4.94. The third-order valence-electron chi connectivity index (χ3n) is 4.94. The first-order valence-corrected chi connectivity index (χ1v) is 11.3. The van der Waals surface area contributed by atoms with Gasteiger partial charge in [0.1, 0.15) is 11.9 Å². The van der Waals surface area contributed by atoms with Gasteiger partial charge in [0.05, 0.1) is 18.8 Å². The maximum Gasteiger partial charge on any atom is 0.338 e. The molecule has 0 aliphatic carbocycles. The number of benzene rings is 2. The number of hydrogen-bond acceptors (Lipinski definition) is 6. The number of aromatic nitrogens is 2. The Kier molecular flexibility index (Phi) is 8.67. The summed E-state index contributed by atoms with van der Waals surface area (Å²) in [6.45, 7) is 6.48. The van der Waals surface area contributed by atoms with E-state index < -0.39 is 24.5 Å². The second-order valence-corrected chi connectivity index (χ2v) is 8.18. The molecule has 0 saturated heterocycles. The van der Waals surface area contributed by atoms with Crippen LogP contribution in [0.15, 0.2) is 60.9 Å². The van der Waals surface area contributed by atoms with Crippen LogP contribution in [0, 0.1) is 5.92 Å². The summed E-state index contributed by atoms with van der Waals surface area (Å²) >= 11 is 0. The van der Waals surface area contributed by atoms with Gasteiger partial charge < -0.3 is 24.1 Å². The van der Waals surface area contributed by atoms with E-state index in [4.69, 9.17) is 14.2 Å². The number of esters is 1. The van der Waals surface area contributed by atoms with E-state index in [0.29, 0.717) is 36.5 Å². The lowest BCUT2D eigenvalue weighted by molar-refractivity contribution is -0.124.